The Hall–Kier alpha value is -0.570. The third kappa shape index (κ3) is 2.49. The normalized spacial score (nSPS) is 37.3. The highest BCUT2D eigenvalue weighted by Gasteiger charge is 2.42. The van der Waals surface area contributed by atoms with Crippen LogP contribution in [0.15, 0.2) is 0 Å². The van der Waals surface area contributed by atoms with Gasteiger partial charge in [-0.05, 0) is 38.0 Å². The summed E-state index contributed by atoms with van der Waals surface area (Å²) in [5, 5.41) is 6.74. The largest absolute Gasteiger partial charge is 0.356 e. The van der Waals surface area contributed by atoms with E-state index in [1.165, 1.54) is 44.9 Å². The van der Waals surface area contributed by atoms with Crippen LogP contribution in [0.25, 0.3) is 0 Å². The van der Waals surface area contributed by atoms with Gasteiger partial charge in [0.25, 0.3) is 0 Å². The number of hydrogen-bond donors (Lipinski definition) is 2. The first-order chi connectivity index (χ1) is 8.33. The van der Waals surface area contributed by atoms with Gasteiger partial charge >= 0.3 is 0 Å². The molecule has 3 atom stereocenters. The van der Waals surface area contributed by atoms with Crippen molar-refractivity contribution < 1.29 is 4.79 Å². The quantitative estimate of drug-likeness (QED) is 0.785. The van der Waals surface area contributed by atoms with Gasteiger partial charge in [-0.25, -0.2) is 0 Å². The molecule has 96 valence electrons. The van der Waals surface area contributed by atoms with Gasteiger partial charge in [0.05, 0.1) is 5.92 Å². The second-order valence-electron chi connectivity index (χ2n) is 6.14. The summed E-state index contributed by atoms with van der Waals surface area (Å²) in [5.41, 5.74) is 0. The van der Waals surface area contributed by atoms with E-state index in [9.17, 15) is 4.79 Å². The molecule has 2 saturated heterocycles. The first kappa shape index (κ1) is 11.5. The average molecular weight is 236 g/mol. The van der Waals surface area contributed by atoms with Gasteiger partial charge < -0.3 is 10.6 Å². The van der Waals surface area contributed by atoms with Gasteiger partial charge in [0, 0.05) is 18.6 Å². The van der Waals surface area contributed by atoms with Gasteiger partial charge in [-0.2, -0.15) is 0 Å². The Bertz CT molecular complexity index is 286. The van der Waals surface area contributed by atoms with Crippen molar-refractivity contribution in [3.05, 3.63) is 0 Å². The minimum atomic E-state index is 0.261. The van der Waals surface area contributed by atoms with Crippen LogP contribution in [0.3, 0.4) is 0 Å². The molecule has 3 aliphatic rings. The summed E-state index contributed by atoms with van der Waals surface area (Å²) in [4.78, 5) is 12.1. The summed E-state index contributed by atoms with van der Waals surface area (Å²) >= 11 is 0. The van der Waals surface area contributed by atoms with Crippen molar-refractivity contribution in [2.24, 2.45) is 11.8 Å². The third-order valence-electron chi connectivity index (χ3n) is 4.93. The lowest BCUT2D eigenvalue weighted by Gasteiger charge is -2.24. The molecule has 0 aromatic carbocycles. The lowest BCUT2D eigenvalue weighted by Crippen LogP contribution is -2.39. The number of hydrogen-bond acceptors (Lipinski definition) is 2. The topological polar surface area (TPSA) is 41.1 Å². The molecule has 2 N–H and O–H groups in total. The van der Waals surface area contributed by atoms with Gasteiger partial charge in [0.15, 0.2) is 0 Å². The maximum absolute atomic E-state index is 12.1. The Kier molecular flexibility index (Phi) is 3.37. The maximum Gasteiger partial charge on any atom is 0.224 e. The van der Waals surface area contributed by atoms with Crippen LogP contribution >= 0.6 is 0 Å². The maximum atomic E-state index is 12.1. The zero-order valence-electron chi connectivity index (χ0n) is 10.6. The summed E-state index contributed by atoms with van der Waals surface area (Å²) in [6.45, 7) is 0.923. The highest BCUT2D eigenvalue weighted by atomic mass is 16.1. The third-order valence-corrected chi connectivity index (χ3v) is 4.93. The Morgan fingerprint density at radius 2 is 1.94 bits per heavy atom. The average Bonchev–Trinajstić information content (AvgIpc) is 2.99. The fraction of sp³-hybridized carbons (Fsp3) is 0.929. The van der Waals surface area contributed by atoms with Crippen molar-refractivity contribution in [1.82, 2.24) is 10.6 Å². The van der Waals surface area contributed by atoms with Crippen LogP contribution in [-0.2, 0) is 4.79 Å². The number of carbonyl (C=O) groups excluding carboxylic acids is 1. The summed E-state index contributed by atoms with van der Waals surface area (Å²) in [6.07, 6.45) is 10.3. The van der Waals surface area contributed by atoms with Crippen molar-refractivity contribution in [2.45, 2.75) is 63.5 Å². The first-order valence-electron chi connectivity index (χ1n) is 7.36. The SMILES string of the molecule is O=C(NCC1CCCCC1)C1CC2CCC1N2. The van der Waals surface area contributed by atoms with Crippen LogP contribution in [0.1, 0.15) is 51.4 Å². The molecule has 3 nitrogen and oxygen atoms in total. The molecule has 0 radical (unpaired) electrons. The smallest absolute Gasteiger partial charge is 0.224 e. The molecule has 0 aromatic heterocycles. The van der Waals surface area contributed by atoms with Crippen LogP contribution in [0.4, 0.5) is 0 Å². The fourth-order valence-electron chi connectivity index (χ4n) is 3.88. The molecule has 3 rings (SSSR count). The standard InChI is InChI=1S/C14H24N2O/c17-14(12-8-11-6-7-13(12)16-11)15-9-10-4-2-1-3-5-10/h10-13,16H,1-9H2,(H,15,17). The molecule has 3 heteroatoms. The van der Waals surface area contributed by atoms with E-state index in [1.807, 2.05) is 0 Å². The molecule has 1 amide bonds. The highest BCUT2D eigenvalue weighted by molar-refractivity contribution is 5.80. The van der Waals surface area contributed by atoms with E-state index >= 15 is 0 Å². The molecule has 1 saturated carbocycles. The Balaban J connectivity index is 1.44. The molecular weight excluding hydrogens is 212 g/mol. The van der Waals surface area contributed by atoms with Gasteiger partial charge in [-0.3, -0.25) is 4.79 Å². The lowest BCUT2D eigenvalue weighted by atomic mass is 9.87. The Morgan fingerprint density at radius 3 is 2.59 bits per heavy atom. The van der Waals surface area contributed by atoms with E-state index in [0.717, 1.165) is 18.9 Å². The first-order valence-corrected chi connectivity index (χ1v) is 7.36. The van der Waals surface area contributed by atoms with E-state index < -0.39 is 0 Å². The van der Waals surface area contributed by atoms with Crippen LogP contribution < -0.4 is 10.6 Å². The zero-order chi connectivity index (χ0) is 11.7. The molecule has 2 aliphatic heterocycles. The number of fused-ring (bicyclic) bond motifs is 2. The van der Waals surface area contributed by atoms with Crippen molar-refractivity contribution in [3.63, 3.8) is 0 Å². The van der Waals surface area contributed by atoms with Crippen LogP contribution in [-0.4, -0.2) is 24.5 Å². The molecule has 2 bridgehead atoms. The summed E-state index contributed by atoms with van der Waals surface area (Å²) in [7, 11) is 0. The highest BCUT2D eigenvalue weighted by Crippen LogP contribution is 2.33. The monoisotopic (exact) mass is 236 g/mol. The van der Waals surface area contributed by atoms with Crippen LogP contribution in [0, 0.1) is 11.8 Å². The van der Waals surface area contributed by atoms with Crippen LogP contribution in [0.5, 0.6) is 0 Å². The number of amides is 1. The van der Waals surface area contributed by atoms with E-state index in [1.54, 1.807) is 0 Å². The summed E-state index contributed by atoms with van der Waals surface area (Å²) in [5.74, 6) is 1.33. The second kappa shape index (κ2) is 4.97. The van der Waals surface area contributed by atoms with Crippen molar-refractivity contribution in [2.75, 3.05) is 6.54 Å². The predicted octanol–water partition coefficient (Wildman–Crippen LogP) is 1.82. The van der Waals surface area contributed by atoms with E-state index in [2.05, 4.69) is 10.6 Å². The van der Waals surface area contributed by atoms with E-state index in [4.69, 9.17) is 0 Å². The predicted molar refractivity (Wildman–Crippen MR) is 67.6 cm³/mol. The van der Waals surface area contributed by atoms with Crippen molar-refractivity contribution >= 4 is 5.91 Å². The molecule has 0 aromatic rings. The lowest BCUT2D eigenvalue weighted by molar-refractivity contribution is -0.125. The van der Waals surface area contributed by atoms with Gasteiger partial charge in [-0.15, -0.1) is 0 Å². The Morgan fingerprint density at radius 1 is 1.12 bits per heavy atom. The van der Waals surface area contributed by atoms with E-state index in [-0.39, 0.29) is 5.92 Å². The molecule has 3 unspecified atom stereocenters. The Labute approximate surface area is 104 Å². The molecule has 3 fully saturated rings. The summed E-state index contributed by atoms with van der Waals surface area (Å²) in [6, 6.07) is 1.11. The van der Waals surface area contributed by atoms with Crippen LogP contribution in [0.2, 0.25) is 0 Å². The van der Waals surface area contributed by atoms with Crippen molar-refractivity contribution in [1.29, 1.82) is 0 Å². The second-order valence-corrected chi connectivity index (χ2v) is 6.14. The number of rotatable bonds is 3. The molecule has 0 spiro atoms. The van der Waals surface area contributed by atoms with Crippen molar-refractivity contribution in [3.8, 4) is 0 Å². The van der Waals surface area contributed by atoms with E-state index in [0.29, 0.717) is 18.0 Å². The van der Waals surface area contributed by atoms with Gasteiger partial charge in [0.1, 0.15) is 0 Å². The number of nitrogens with one attached hydrogen (secondary N) is 2. The molecule has 1 aliphatic carbocycles. The fourth-order valence-corrected chi connectivity index (χ4v) is 3.88. The molecular formula is C14H24N2O. The minimum Gasteiger partial charge on any atom is -0.356 e. The number of carbonyl (C=O) groups is 1. The molecule has 2 heterocycles. The zero-order valence-corrected chi connectivity index (χ0v) is 10.6. The minimum absolute atomic E-state index is 0.261. The summed E-state index contributed by atoms with van der Waals surface area (Å²) < 4.78 is 0. The van der Waals surface area contributed by atoms with Gasteiger partial charge in [-0.1, -0.05) is 19.3 Å². The van der Waals surface area contributed by atoms with Gasteiger partial charge in [0.2, 0.25) is 5.91 Å². The molecule has 17 heavy (non-hydrogen) atoms.